The lowest BCUT2D eigenvalue weighted by Gasteiger charge is -2.18. The number of benzene rings is 3. The van der Waals surface area contributed by atoms with Crippen LogP contribution in [0.15, 0.2) is 70.5 Å². The Morgan fingerprint density at radius 3 is 2.21 bits per heavy atom. The number of carbonyl (C=O) groups is 2. The highest BCUT2D eigenvalue weighted by atomic mass is 32.2. The highest BCUT2D eigenvalue weighted by Gasteiger charge is 2.36. The summed E-state index contributed by atoms with van der Waals surface area (Å²) >= 11 is 1.44. The van der Waals surface area contributed by atoms with Crippen molar-refractivity contribution in [1.29, 1.82) is 0 Å². The Kier molecular flexibility index (Phi) is 8.15. The lowest BCUT2D eigenvalue weighted by molar-refractivity contribution is -0.143. The predicted molar refractivity (Wildman–Crippen MR) is 136 cm³/mol. The maximum atomic E-state index is 13.0. The summed E-state index contributed by atoms with van der Waals surface area (Å²) in [4.78, 5) is 28.4. The van der Waals surface area contributed by atoms with E-state index >= 15 is 0 Å². The number of hydrogen-bond acceptors (Lipinski definition) is 3. The number of hydrogen-bond donors (Lipinski definition) is 2. The second kappa shape index (κ2) is 11.2. The molecule has 0 aromatic heterocycles. The number of amides is 3. The average Bonchev–Trinajstić information content (AvgIpc) is 2.97. The van der Waals surface area contributed by atoms with Crippen molar-refractivity contribution < 1.29 is 35.9 Å². The molecule has 1 aliphatic rings. The zero-order chi connectivity index (χ0) is 28.4. The predicted octanol–water partition coefficient (Wildman–Crippen LogP) is 7.61. The second-order valence-electron chi connectivity index (χ2n) is 8.90. The standard InChI is InChI=1S/C27H23F6N3O2S/c1-36-21-15-19(9-10-23(21)39-22-8-3-2-7-20(22)24(36)37)35-25(38)34-11-5-4-6-16-12-17(26(28,29)30)14-18(13-16)27(31,32)33/h2-3,7-10,12-15H,4-6,11H2,1H3,(H2,34,35,38). The molecule has 3 aromatic rings. The minimum atomic E-state index is -4.89. The van der Waals surface area contributed by atoms with Gasteiger partial charge in [-0.15, -0.1) is 0 Å². The third-order valence-electron chi connectivity index (χ3n) is 6.05. The molecule has 0 aliphatic carbocycles. The van der Waals surface area contributed by atoms with Gasteiger partial charge in [-0.05, 0) is 73.4 Å². The van der Waals surface area contributed by atoms with Crippen LogP contribution in [0.2, 0.25) is 0 Å². The van der Waals surface area contributed by atoms with Crippen molar-refractivity contribution in [2.75, 3.05) is 23.8 Å². The number of alkyl halides is 6. The van der Waals surface area contributed by atoms with Gasteiger partial charge in [0.05, 0.1) is 22.4 Å². The summed E-state index contributed by atoms with van der Waals surface area (Å²) < 4.78 is 78.1. The molecule has 0 spiro atoms. The van der Waals surface area contributed by atoms with Crippen LogP contribution in [0.5, 0.6) is 0 Å². The summed E-state index contributed by atoms with van der Waals surface area (Å²) in [6.07, 6.45) is -9.20. The van der Waals surface area contributed by atoms with Gasteiger partial charge in [0.2, 0.25) is 0 Å². The van der Waals surface area contributed by atoms with Gasteiger partial charge in [-0.1, -0.05) is 23.9 Å². The maximum absolute atomic E-state index is 13.0. The number of unbranched alkanes of at least 4 members (excludes halogenated alkanes) is 1. The summed E-state index contributed by atoms with van der Waals surface area (Å²) in [5.74, 6) is -0.179. The third kappa shape index (κ3) is 6.86. The lowest BCUT2D eigenvalue weighted by Crippen LogP contribution is -2.30. The van der Waals surface area contributed by atoms with E-state index in [1.807, 2.05) is 12.1 Å². The Morgan fingerprint density at radius 1 is 0.872 bits per heavy atom. The Hall–Kier alpha value is -3.67. The van der Waals surface area contributed by atoms with Crippen LogP contribution in [0.4, 0.5) is 42.5 Å². The molecule has 12 heteroatoms. The van der Waals surface area contributed by atoms with Crippen molar-refractivity contribution >= 4 is 35.1 Å². The van der Waals surface area contributed by atoms with Crippen LogP contribution in [-0.2, 0) is 18.8 Å². The molecule has 0 atom stereocenters. The van der Waals surface area contributed by atoms with Crippen LogP contribution < -0.4 is 15.5 Å². The number of aryl methyl sites for hydroxylation is 1. The molecule has 5 nitrogen and oxygen atoms in total. The van der Waals surface area contributed by atoms with Crippen LogP contribution in [0.25, 0.3) is 0 Å². The van der Waals surface area contributed by atoms with E-state index in [0.717, 1.165) is 9.79 Å². The van der Waals surface area contributed by atoms with E-state index in [4.69, 9.17) is 0 Å². The van der Waals surface area contributed by atoms with Gasteiger partial charge in [-0.3, -0.25) is 4.79 Å². The zero-order valence-electron chi connectivity index (χ0n) is 20.5. The van der Waals surface area contributed by atoms with Gasteiger partial charge in [0.15, 0.2) is 0 Å². The third-order valence-corrected chi connectivity index (χ3v) is 7.19. The van der Waals surface area contributed by atoms with Gasteiger partial charge >= 0.3 is 18.4 Å². The number of anilines is 2. The van der Waals surface area contributed by atoms with Crippen molar-refractivity contribution in [2.45, 2.75) is 41.4 Å². The van der Waals surface area contributed by atoms with Crippen molar-refractivity contribution in [2.24, 2.45) is 0 Å². The molecule has 206 valence electrons. The van der Waals surface area contributed by atoms with Crippen LogP contribution >= 0.6 is 11.8 Å². The van der Waals surface area contributed by atoms with E-state index in [1.165, 1.54) is 16.7 Å². The molecule has 2 N–H and O–H groups in total. The zero-order valence-corrected chi connectivity index (χ0v) is 21.4. The van der Waals surface area contributed by atoms with Crippen molar-refractivity contribution in [1.82, 2.24) is 5.32 Å². The first-order chi connectivity index (χ1) is 18.3. The average molecular weight is 568 g/mol. The van der Waals surface area contributed by atoms with Crippen molar-refractivity contribution in [3.63, 3.8) is 0 Å². The highest BCUT2D eigenvalue weighted by Crippen LogP contribution is 2.42. The smallest absolute Gasteiger partial charge is 0.338 e. The van der Waals surface area contributed by atoms with Crippen LogP contribution in [0, 0.1) is 0 Å². The molecule has 0 saturated heterocycles. The topological polar surface area (TPSA) is 61.4 Å². The minimum absolute atomic E-state index is 0.0124. The van der Waals surface area contributed by atoms with Gasteiger partial charge in [0, 0.05) is 29.1 Å². The first-order valence-electron chi connectivity index (χ1n) is 11.8. The Labute approximate surface area is 224 Å². The number of fused-ring (bicyclic) bond motifs is 2. The molecule has 1 aliphatic heterocycles. The molecule has 0 fully saturated rings. The number of rotatable bonds is 6. The van der Waals surface area contributed by atoms with Crippen LogP contribution in [-0.4, -0.2) is 25.5 Å². The van der Waals surface area contributed by atoms with Crippen LogP contribution in [0.1, 0.15) is 39.9 Å². The molecule has 3 aromatic carbocycles. The van der Waals surface area contributed by atoms with Gasteiger partial charge in [-0.25, -0.2) is 4.79 Å². The number of nitrogens with one attached hydrogen (secondary N) is 2. The van der Waals surface area contributed by atoms with Gasteiger partial charge < -0.3 is 15.5 Å². The van der Waals surface area contributed by atoms with Gasteiger partial charge in [-0.2, -0.15) is 26.3 Å². The van der Waals surface area contributed by atoms with E-state index in [-0.39, 0.29) is 36.9 Å². The largest absolute Gasteiger partial charge is 0.416 e. The highest BCUT2D eigenvalue weighted by molar-refractivity contribution is 7.99. The number of urea groups is 1. The summed E-state index contributed by atoms with van der Waals surface area (Å²) in [6, 6.07) is 13.4. The summed E-state index contributed by atoms with van der Waals surface area (Å²) in [5, 5.41) is 5.30. The fraction of sp³-hybridized carbons (Fsp3) is 0.259. The quantitative estimate of drug-likeness (QED) is 0.238. The Morgan fingerprint density at radius 2 is 1.54 bits per heavy atom. The van der Waals surface area contributed by atoms with Crippen molar-refractivity contribution in [3.05, 3.63) is 82.9 Å². The molecular weight excluding hydrogens is 544 g/mol. The first-order valence-corrected chi connectivity index (χ1v) is 12.7. The summed E-state index contributed by atoms with van der Waals surface area (Å²) in [6.45, 7) is 0.158. The molecule has 0 bridgehead atoms. The summed E-state index contributed by atoms with van der Waals surface area (Å²) in [7, 11) is 1.65. The van der Waals surface area contributed by atoms with Gasteiger partial charge in [0.25, 0.3) is 5.91 Å². The molecule has 4 rings (SSSR count). The molecule has 3 amide bonds. The number of halogens is 6. The van der Waals surface area contributed by atoms with Gasteiger partial charge in [0.1, 0.15) is 0 Å². The SMILES string of the molecule is CN1C(=O)c2ccccc2Sc2ccc(NC(=O)NCCCCc3cc(C(F)(F)F)cc(C(F)(F)F)c3)cc21. The molecule has 39 heavy (non-hydrogen) atoms. The maximum Gasteiger partial charge on any atom is 0.416 e. The van der Waals surface area contributed by atoms with E-state index in [2.05, 4.69) is 10.6 Å². The first kappa shape index (κ1) is 28.3. The minimum Gasteiger partial charge on any atom is -0.338 e. The van der Waals surface area contributed by atoms with Crippen LogP contribution in [0.3, 0.4) is 0 Å². The monoisotopic (exact) mass is 567 g/mol. The fourth-order valence-electron chi connectivity index (χ4n) is 4.08. The van der Waals surface area contributed by atoms with Crippen molar-refractivity contribution in [3.8, 4) is 0 Å². The summed E-state index contributed by atoms with van der Waals surface area (Å²) in [5.41, 5.74) is -1.13. The molecule has 0 unspecified atom stereocenters. The number of nitrogens with zero attached hydrogens (tertiary/aromatic N) is 1. The fourth-order valence-corrected chi connectivity index (χ4v) is 5.16. The van der Waals surface area contributed by atoms with E-state index in [0.29, 0.717) is 35.5 Å². The Balaban J connectivity index is 1.31. The molecule has 1 heterocycles. The van der Waals surface area contributed by atoms with E-state index in [9.17, 15) is 35.9 Å². The molecular formula is C27H23F6N3O2S. The second-order valence-corrected chi connectivity index (χ2v) is 9.98. The van der Waals surface area contributed by atoms with E-state index < -0.39 is 29.5 Å². The molecule has 0 saturated carbocycles. The van der Waals surface area contributed by atoms with E-state index in [1.54, 1.807) is 37.4 Å². The number of carbonyl (C=O) groups excluding carboxylic acids is 2. The molecule has 0 radical (unpaired) electrons. The normalized spacial score (nSPS) is 13.4. The Bertz CT molecular complexity index is 1360. The lowest BCUT2D eigenvalue weighted by atomic mass is 10.0.